The van der Waals surface area contributed by atoms with Gasteiger partial charge < -0.3 is 9.26 Å². The van der Waals surface area contributed by atoms with Crippen LogP contribution in [0.15, 0.2) is 23.0 Å². The van der Waals surface area contributed by atoms with E-state index in [0.29, 0.717) is 25.3 Å². The summed E-state index contributed by atoms with van der Waals surface area (Å²) in [6.07, 6.45) is 4.53. The zero-order valence-electron chi connectivity index (χ0n) is 10.4. The van der Waals surface area contributed by atoms with Crippen molar-refractivity contribution >= 4 is 5.97 Å². The normalized spacial score (nSPS) is 16.1. The molecule has 0 N–H and O–H groups in total. The van der Waals surface area contributed by atoms with Crippen molar-refractivity contribution < 1.29 is 14.1 Å². The maximum Gasteiger partial charge on any atom is 0.321 e. The van der Waals surface area contributed by atoms with Crippen molar-refractivity contribution in [1.82, 2.24) is 20.1 Å². The van der Waals surface area contributed by atoms with E-state index >= 15 is 0 Å². The summed E-state index contributed by atoms with van der Waals surface area (Å²) >= 11 is 0. The van der Waals surface area contributed by atoms with Crippen molar-refractivity contribution in [3.8, 4) is 11.6 Å². The fourth-order valence-corrected chi connectivity index (χ4v) is 1.82. The van der Waals surface area contributed by atoms with Crippen molar-refractivity contribution in [3.63, 3.8) is 0 Å². The second-order valence-electron chi connectivity index (χ2n) is 4.30. The first-order valence-electron chi connectivity index (χ1n) is 6.05. The van der Waals surface area contributed by atoms with Gasteiger partial charge in [0.2, 0.25) is 17.5 Å². The summed E-state index contributed by atoms with van der Waals surface area (Å²) in [6.45, 7) is 2.11. The minimum Gasteiger partial charge on any atom is -0.465 e. The number of rotatable bonds is 4. The van der Waals surface area contributed by atoms with E-state index in [4.69, 9.17) is 9.26 Å². The van der Waals surface area contributed by atoms with Crippen LogP contribution in [0.5, 0.6) is 0 Å². The van der Waals surface area contributed by atoms with E-state index in [1.165, 1.54) is 0 Å². The molecule has 0 aromatic carbocycles. The summed E-state index contributed by atoms with van der Waals surface area (Å²) in [7, 11) is 0. The van der Waals surface area contributed by atoms with E-state index in [-0.39, 0.29) is 17.7 Å². The summed E-state index contributed by atoms with van der Waals surface area (Å²) in [5, 5.41) is 3.82. The van der Waals surface area contributed by atoms with Gasteiger partial charge in [0.05, 0.1) is 6.61 Å². The molecule has 1 aliphatic carbocycles. The second-order valence-corrected chi connectivity index (χ2v) is 4.30. The van der Waals surface area contributed by atoms with Gasteiger partial charge in [-0.2, -0.15) is 4.98 Å². The Morgan fingerprint density at radius 3 is 2.74 bits per heavy atom. The van der Waals surface area contributed by atoms with Gasteiger partial charge in [-0.3, -0.25) is 4.79 Å². The molecule has 0 aliphatic heterocycles. The molecule has 0 amide bonds. The fraction of sp³-hybridized carbons (Fsp3) is 0.417. The Bertz CT molecular complexity index is 592. The standard InChI is InChI=1S/C12H12N4O3/c1-2-18-11(17)12(4-5-12)10-15-9(16-19-10)8-13-6-3-7-14-8/h3,6-7H,2,4-5H2,1H3. The highest BCUT2D eigenvalue weighted by Crippen LogP contribution is 2.48. The first kappa shape index (κ1) is 11.8. The number of hydrogen-bond acceptors (Lipinski definition) is 7. The lowest BCUT2D eigenvalue weighted by Crippen LogP contribution is -2.23. The molecule has 2 aromatic heterocycles. The summed E-state index contributed by atoms with van der Waals surface area (Å²) in [6, 6.07) is 1.70. The van der Waals surface area contributed by atoms with Crippen LogP contribution in [0.1, 0.15) is 25.7 Å². The van der Waals surface area contributed by atoms with Crippen LogP contribution in [0.3, 0.4) is 0 Å². The number of carbonyl (C=O) groups is 1. The van der Waals surface area contributed by atoms with Crippen LogP contribution in [-0.2, 0) is 14.9 Å². The number of nitrogens with zero attached hydrogens (tertiary/aromatic N) is 4. The van der Waals surface area contributed by atoms with Gasteiger partial charge in [-0.05, 0) is 25.8 Å². The Kier molecular flexibility index (Phi) is 2.73. The second kappa shape index (κ2) is 4.42. The number of carbonyl (C=O) groups excluding carboxylic acids is 1. The van der Waals surface area contributed by atoms with Crippen molar-refractivity contribution in [2.75, 3.05) is 6.61 Å². The minimum atomic E-state index is -0.754. The van der Waals surface area contributed by atoms with Crippen molar-refractivity contribution in [2.24, 2.45) is 0 Å². The van der Waals surface area contributed by atoms with Gasteiger partial charge >= 0.3 is 5.97 Å². The molecule has 0 atom stereocenters. The molecule has 98 valence electrons. The third-order valence-corrected chi connectivity index (χ3v) is 3.02. The smallest absolute Gasteiger partial charge is 0.321 e. The molecule has 0 bridgehead atoms. The van der Waals surface area contributed by atoms with Crippen LogP contribution in [0.2, 0.25) is 0 Å². The Hall–Kier alpha value is -2.31. The molecule has 3 rings (SSSR count). The summed E-state index contributed by atoms with van der Waals surface area (Å²) < 4.78 is 10.2. The average Bonchev–Trinajstić information content (AvgIpc) is 3.11. The molecule has 0 saturated heterocycles. The SMILES string of the molecule is CCOC(=O)C1(c2nc(-c3ncccn3)no2)CC1. The van der Waals surface area contributed by atoms with Crippen LogP contribution in [0.25, 0.3) is 11.6 Å². The van der Waals surface area contributed by atoms with Crippen LogP contribution >= 0.6 is 0 Å². The average molecular weight is 260 g/mol. The highest BCUT2D eigenvalue weighted by Gasteiger charge is 2.57. The Labute approximate surface area is 109 Å². The van der Waals surface area contributed by atoms with Crippen LogP contribution in [-0.4, -0.2) is 32.7 Å². The number of hydrogen-bond donors (Lipinski definition) is 0. The predicted molar refractivity (Wildman–Crippen MR) is 62.9 cm³/mol. The first-order chi connectivity index (χ1) is 9.26. The van der Waals surface area contributed by atoms with E-state index in [9.17, 15) is 4.79 Å². The van der Waals surface area contributed by atoms with Crippen molar-refractivity contribution in [2.45, 2.75) is 25.2 Å². The molecular weight excluding hydrogens is 248 g/mol. The maximum atomic E-state index is 11.9. The van der Waals surface area contributed by atoms with Crippen molar-refractivity contribution in [3.05, 3.63) is 24.4 Å². The van der Waals surface area contributed by atoms with Crippen LogP contribution in [0.4, 0.5) is 0 Å². The molecule has 7 nitrogen and oxygen atoms in total. The van der Waals surface area contributed by atoms with E-state index in [1.54, 1.807) is 25.4 Å². The van der Waals surface area contributed by atoms with Gasteiger partial charge in [0.15, 0.2) is 0 Å². The van der Waals surface area contributed by atoms with Crippen molar-refractivity contribution in [1.29, 1.82) is 0 Å². The topological polar surface area (TPSA) is 91.0 Å². The molecule has 2 heterocycles. The number of ether oxygens (including phenoxy) is 1. The summed E-state index contributed by atoms with van der Waals surface area (Å²) in [4.78, 5) is 24.2. The summed E-state index contributed by atoms with van der Waals surface area (Å²) in [5.41, 5.74) is -0.754. The van der Waals surface area contributed by atoms with Crippen LogP contribution < -0.4 is 0 Å². The van der Waals surface area contributed by atoms with Gasteiger partial charge in [0.1, 0.15) is 5.41 Å². The fourth-order valence-electron chi connectivity index (χ4n) is 1.82. The molecule has 1 saturated carbocycles. The number of aromatic nitrogens is 4. The van der Waals surface area contributed by atoms with Crippen LogP contribution in [0, 0.1) is 0 Å². The zero-order chi connectivity index (χ0) is 13.3. The van der Waals surface area contributed by atoms with E-state index < -0.39 is 5.41 Å². The maximum absolute atomic E-state index is 11.9. The molecule has 0 radical (unpaired) electrons. The minimum absolute atomic E-state index is 0.283. The third-order valence-electron chi connectivity index (χ3n) is 3.02. The Balaban J connectivity index is 1.88. The molecule has 19 heavy (non-hydrogen) atoms. The largest absolute Gasteiger partial charge is 0.465 e. The first-order valence-corrected chi connectivity index (χ1v) is 6.05. The molecule has 7 heteroatoms. The van der Waals surface area contributed by atoms with E-state index in [2.05, 4.69) is 20.1 Å². The third kappa shape index (κ3) is 1.96. The lowest BCUT2D eigenvalue weighted by atomic mass is 10.1. The van der Waals surface area contributed by atoms with E-state index in [0.717, 1.165) is 0 Å². The van der Waals surface area contributed by atoms with Gasteiger partial charge in [-0.15, -0.1) is 0 Å². The van der Waals surface area contributed by atoms with Gasteiger partial charge in [-0.25, -0.2) is 9.97 Å². The van der Waals surface area contributed by atoms with Gasteiger partial charge in [-0.1, -0.05) is 5.16 Å². The molecule has 2 aromatic rings. The molecule has 1 fully saturated rings. The van der Waals surface area contributed by atoms with Gasteiger partial charge in [0, 0.05) is 12.4 Å². The molecular formula is C12H12N4O3. The van der Waals surface area contributed by atoms with E-state index in [1.807, 2.05) is 0 Å². The zero-order valence-corrected chi connectivity index (χ0v) is 10.4. The molecule has 1 aliphatic rings. The molecule has 0 unspecified atom stereocenters. The quantitative estimate of drug-likeness (QED) is 0.760. The highest BCUT2D eigenvalue weighted by molar-refractivity contribution is 5.85. The highest BCUT2D eigenvalue weighted by atomic mass is 16.5. The van der Waals surface area contributed by atoms with Gasteiger partial charge in [0.25, 0.3) is 0 Å². The predicted octanol–water partition coefficient (Wildman–Crippen LogP) is 1.12. The summed E-state index contributed by atoms with van der Waals surface area (Å²) in [5.74, 6) is 0.635. The Morgan fingerprint density at radius 2 is 2.11 bits per heavy atom. The Morgan fingerprint density at radius 1 is 1.37 bits per heavy atom. The monoisotopic (exact) mass is 260 g/mol. The lowest BCUT2D eigenvalue weighted by Gasteiger charge is -2.07. The number of esters is 1. The lowest BCUT2D eigenvalue weighted by molar-refractivity contribution is -0.146. The molecule has 0 spiro atoms.